The van der Waals surface area contributed by atoms with Gasteiger partial charge in [0.2, 0.25) is 5.91 Å². The molecule has 1 fully saturated rings. The smallest absolute Gasteiger partial charge is 0.225 e. The highest BCUT2D eigenvalue weighted by atomic mass is 127. The largest absolute Gasteiger partial charge is 0.379 e. The summed E-state index contributed by atoms with van der Waals surface area (Å²) in [4.78, 5) is 18.8. The maximum absolute atomic E-state index is 13.7. The van der Waals surface area contributed by atoms with Crippen molar-refractivity contribution in [2.24, 2.45) is 4.99 Å². The number of carbonyl (C=O) groups is 1. The molecule has 7 nitrogen and oxygen atoms in total. The second-order valence-corrected chi connectivity index (χ2v) is 7.82. The number of anilines is 1. The van der Waals surface area contributed by atoms with Gasteiger partial charge in [0.15, 0.2) is 5.96 Å². The van der Waals surface area contributed by atoms with E-state index < -0.39 is 0 Å². The van der Waals surface area contributed by atoms with Crippen molar-refractivity contribution >= 4 is 41.5 Å². The van der Waals surface area contributed by atoms with Crippen LogP contribution in [0.15, 0.2) is 47.5 Å². The van der Waals surface area contributed by atoms with E-state index in [0.717, 1.165) is 49.7 Å². The average molecular weight is 569 g/mol. The lowest BCUT2D eigenvalue weighted by Crippen LogP contribution is -2.38. The average Bonchev–Trinajstić information content (AvgIpc) is 2.81. The van der Waals surface area contributed by atoms with Crippen LogP contribution in [0.5, 0.6) is 0 Å². The number of aliphatic imine (C=N–C) groups is 1. The van der Waals surface area contributed by atoms with Gasteiger partial charge in [0.05, 0.1) is 13.2 Å². The summed E-state index contributed by atoms with van der Waals surface area (Å²) in [5.41, 5.74) is 3.26. The first-order chi connectivity index (χ1) is 15.5. The molecular formula is C24H33FIN5O2. The number of aryl methyl sites for hydroxylation is 1. The summed E-state index contributed by atoms with van der Waals surface area (Å²) in [6.45, 7) is 6.71. The lowest BCUT2D eigenvalue weighted by molar-refractivity contribution is -0.116. The van der Waals surface area contributed by atoms with Crippen LogP contribution in [0.25, 0.3) is 0 Å². The van der Waals surface area contributed by atoms with Crippen LogP contribution in [0, 0.1) is 12.7 Å². The molecule has 0 unspecified atom stereocenters. The van der Waals surface area contributed by atoms with Gasteiger partial charge in [-0.2, -0.15) is 0 Å². The SMILES string of the molecule is CN=C(NCc1cccc(NC(=O)CCN2CCOCC2)c1)NCc1ccc(C)c(F)c1.I. The molecule has 180 valence electrons. The zero-order valence-electron chi connectivity index (χ0n) is 19.2. The molecule has 3 N–H and O–H groups in total. The summed E-state index contributed by atoms with van der Waals surface area (Å²) in [5.74, 6) is 0.409. The van der Waals surface area contributed by atoms with Crippen LogP contribution >= 0.6 is 24.0 Å². The lowest BCUT2D eigenvalue weighted by atomic mass is 10.1. The van der Waals surface area contributed by atoms with E-state index in [4.69, 9.17) is 4.74 Å². The van der Waals surface area contributed by atoms with Gasteiger partial charge >= 0.3 is 0 Å². The predicted molar refractivity (Wildman–Crippen MR) is 141 cm³/mol. The molecule has 0 spiro atoms. The van der Waals surface area contributed by atoms with E-state index in [1.54, 1.807) is 20.0 Å². The fourth-order valence-corrected chi connectivity index (χ4v) is 3.41. The minimum absolute atomic E-state index is 0. The molecule has 2 aromatic carbocycles. The Balaban J connectivity index is 0.00000385. The van der Waals surface area contributed by atoms with Gasteiger partial charge in [-0.05, 0) is 41.8 Å². The van der Waals surface area contributed by atoms with E-state index in [1.807, 2.05) is 30.3 Å². The quantitative estimate of drug-likeness (QED) is 0.259. The fraction of sp³-hybridized carbons (Fsp3) is 0.417. The van der Waals surface area contributed by atoms with Crippen molar-refractivity contribution in [3.8, 4) is 0 Å². The van der Waals surface area contributed by atoms with Crippen molar-refractivity contribution in [2.75, 3.05) is 45.2 Å². The molecule has 1 heterocycles. The van der Waals surface area contributed by atoms with E-state index in [0.29, 0.717) is 31.0 Å². The van der Waals surface area contributed by atoms with Crippen molar-refractivity contribution in [2.45, 2.75) is 26.4 Å². The van der Waals surface area contributed by atoms with Crippen molar-refractivity contribution in [1.29, 1.82) is 0 Å². The Morgan fingerprint density at radius 1 is 1.09 bits per heavy atom. The Kier molecular flexibility index (Phi) is 11.6. The number of ether oxygens (including phenoxy) is 1. The van der Waals surface area contributed by atoms with Crippen LogP contribution in [-0.2, 0) is 22.6 Å². The van der Waals surface area contributed by atoms with Crippen LogP contribution in [0.4, 0.5) is 10.1 Å². The third kappa shape index (κ3) is 9.26. The molecule has 0 atom stereocenters. The molecule has 1 aliphatic heterocycles. The van der Waals surface area contributed by atoms with Gasteiger partial charge in [-0.25, -0.2) is 4.39 Å². The highest BCUT2D eigenvalue weighted by molar-refractivity contribution is 14.0. The Morgan fingerprint density at radius 2 is 1.79 bits per heavy atom. The monoisotopic (exact) mass is 569 g/mol. The maximum Gasteiger partial charge on any atom is 0.225 e. The Labute approximate surface area is 212 Å². The number of benzene rings is 2. The van der Waals surface area contributed by atoms with Gasteiger partial charge in [0.1, 0.15) is 5.82 Å². The van der Waals surface area contributed by atoms with Gasteiger partial charge in [-0.1, -0.05) is 24.3 Å². The van der Waals surface area contributed by atoms with Crippen molar-refractivity contribution in [1.82, 2.24) is 15.5 Å². The number of nitrogens with one attached hydrogen (secondary N) is 3. The van der Waals surface area contributed by atoms with E-state index in [2.05, 4.69) is 25.8 Å². The van der Waals surface area contributed by atoms with Crippen LogP contribution in [0.2, 0.25) is 0 Å². The number of carbonyl (C=O) groups excluding carboxylic acids is 1. The number of rotatable bonds is 8. The molecule has 9 heteroatoms. The Bertz CT molecular complexity index is 935. The molecule has 0 bridgehead atoms. The van der Waals surface area contributed by atoms with Crippen molar-refractivity contribution < 1.29 is 13.9 Å². The molecule has 0 aromatic heterocycles. The highest BCUT2D eigenvalue weighted by Gasteiger charge is 2.12. The summed E-state index contributed by atoms with van der Waals surface area (Å²) < 4.78 is 19.0. The second-order valence-electron chi connectivity index (χ2n) is 7.82. The first-order valence-electron chi connectivity index (χ1n) is 10.9. The molecular weight excluding hydrogens is 536 g/mol. The van der Waals surface area contributed by atoms with Gasteiger partial charge < -0.3 is 20.7 Å². The molecule has 0 aliphatic carbocycles. The van der Waals surface area contributed by atoms with Gasteiger partial charge in [-0.15, -0.1) is 24.0 Å². The molecule has 0 saturated carbocycles. The third-order valence-corrected chi connectivity index (χ3v) is 5.35. The number of nitrogens with zero attached hydrogens (tertiary/aromatic N) is 2. The first-order valence-corrected chi connectivity index (χ1v) is 10.9. The van der Waals surface area contributed by atoms with Crippen molar-refractivity contribution in [3.63, 3.8) is 0 Å². The minimum Gasteiger partial charge on any atom is -0.379 e. The van der Waals surface area contributed by atoms with Crippen LogP contribution in [0.3, 0.4) is 0 Å². The van der Waals surface area contributed by atoms with Gasteiger partial charge in [-0.3, -0.25) is 14.7 Å². The van der Waals surface area contributed by atoms with E-state index >= 15 is 0 Å². The lowest BCUT2D eigenvalue weighted by Gasteiger charge is -2.26. The minimum atomic E-state index is -0.212. The molecule has 1 saturated heterocycles. The first kappa shape index (κ1) is 27.0. The molecule has 2 aromatic rings. The van der Waals surface area contributed by atoms with E-state index in [9.17, 15) is 9.18 Å². The van der Waals surface area contributed by atoms with Gasteiger partial charge in [0.25, 0.3) is 0 Å². The number of guanidine groups is 1. The number of hydrogen-bond acceptors (Lipinski definition) is 4. The normalized spacial score (nSPS) is 14.3. The van der Waals surface area contributed by atoms with Crippen LogP contribution in [0.1, 0.15) is 23.1 Å². The topological polar surface area (TPSA) is 78.0 Å². The standard InChI is InChI=1S/C24H32FN5O2.HI/c1-18-6-7-20(15-22(18)25)17-28-24(26-2)27-16-19-4-3-5-21(14-19)29-23(31)8-9-30-10-12-32-13-11-30;/h3-7,14-15H,8-13,16-17H2,1-2H3,(H,29,31)(H2,26,27,28);1H. The molecule has 3 rings (SSSR count). The molecule has 1 aliphatic rings. The number of hydrogen-bond donors (Lipinski definition) is 3. The maximum atomic E-state index is 13.7. The summed E-state index contributed by atoms with van der Waals surface area (Å²) in [6.07, 6.45) is 0.457. The number of amides is 1. The second kappa shape index (κ2) is 14.1. The predicted octanol–water partition coefficient (Wildman–Crippen LogP) is 3.28. The Morgan fingerprint density at radius 3 is 2.45 bits per heavy atom. The summed E-state index contributed by atoms with van der Waals surface area (Å²) in [5, 5.41) is 9.40. The van der Waals surface area contributed by atoms with Crippen molar-refractivity contribution in [3.05, 3.63) is 65.0 Å². The fourth-order valence-electron chi connectivity index (χ4n) is 3.41. The van der Waals surface area contributed by atoms with Crippen LogP contribution < -0.4 is 16.0 Å². The molecule has 1 amide bonds. The van der Waals surface area contributed by atoms with Crippen LogP contribution in [-0.4, -0.2) is 56.7 Å². The highest BCUT2D eigenvalue weighted by Crippen LogP contribution is 2.12. The van der Waals surface area contributed by atoms with E-state index in [-0.39, 0.29) is 35.7 Å². The van der Waals surface area contributed by atoms with E-state index in [1.165, 1.54) is 6.07 Å². The zero-order valence-corrected chi connectivity index (χ0v) is 21.5. The Hall–Kier alpha value is -2.24. The van der Waals surface area contributed by atoms with Gasteiger partial charge in [0, 0.05) is 51.9 Å². The number of morpholine rings is 1. The summed E-state index contributed by atoms with van der Waals surface area (Å²) in [7, 11) is 1.69. The summed E-state index contributed by atoms with van der Waals surface area (Å²) in [6, 6.07) is 12.9. The zero-order chi connectivity index (χ0) is 22.8. The molecule has 0 radical (unpaired) electrons. The third-order valence-electron chi connectivity index (χ3n) is 5.35. The summed E-state index contributed by atoms with van der Waals surface area (Å²) >= 11 is 0. The number of halogens is 2. The molecule has 33 heavy (non-hydrogen) atoms.